The molecule has 92 heavy (non-hydrogen) atoms. The first-order valence-electron chi connectivity index (χ1n) is 35.5. The van der Waals surface area contributed by atoms with Crippen LogP contribution in [0.15, 0.2) is 83.6 Å². The van der Waals surface area contributed by atoms with E-state index in [0.29, 0.717) is 34.0 Å². The average Bonchev–Trinajstić information content (AvgIpc) is 1.55. The van der Waals surface area contributed by atoms with Gasteiger partial charge in [-0.05, 0) is 108 Å². The fourth-order valence-corrected chi connectivity index (χ4v) is 21.8. The average molecular weight is 1380 g/mol. The zero-order chi connectivity index (χ0) is 63.4. The lowest BCUT2D eigenvalue weighted by molar-refractivity contribution is 0.402. The van der Waals surface area contributed by atoms with Crippen LogP contribution in [0.2, 0.25) is 0 Å². The van der Waals surface area contributed by atoms with Crippen molar-refractivity contribution in [3.63, 3.8) is 0 Å². The van der Waals surface area contributed by atoms with E-state index in [1.807, 2.05) is 22.7 Å². The second kappa shape index (κ2) is 35.7. The molecular weight excluding hydrogens is 1290 g/mol. The molecule has 0 aliphatic carbocycles. The van der Waals surface area contributed by atoms with Gasteiger partial charge in [0.1, 0.15) is 33.7 Å². The number of thiophene rings is 6. The minimum atomic E-state index is -0.260. The zero-order valence-corrected chi connectivity index (χ0v) is 61.6. The Morgan fingerprint density at radius 3 is 0.978 bits per heavy atom. The Morgan fingerprint density at radius 2 is 0.630 bits per heavy atom. The molecule has 8 heterocycles. The fourth-order valence-electron chi connectivity index (χ4n) is 14.1. The predicted octanol–water partition coefficient (Wildman–Crippen LogP) is 29.5. The van der Waals surface area contributed by atoms with Crippen LogP contribution in [-0.2, 0) is 12.8 Å². The molecule has 14 heteroatoms. The van der Waals surface area contributed by atoms with Gasteiger partial charge in [-0.3, -0.25) is 0 Å². The standard InChI is InChI=1S/C78H96F2N4S8/c1-5-9-13-17-21-23-27-31-35-53(33-29-25-19-15-11-7-3)49-55-37-39-63(87-55)59-51-61(79)71(75-73(59)81-91-83-75)67-43-41-65(89-67)69-57-45-47-86-78(57)70(58-46-48-85-77(58)69)66-42-44-68(90-66)72-62(80)52-60(74-76(72)84-92-82-74)64-40-38-56(88-64)50-54(34-30-26-20-16-12-8-4)36-32-28-24-22-18-14-10-6-2/h37-48,51-54H,5-36,49-50H2,1-4H3. The number of aromatic nitrogens is 4. The molecule has 0 aliphatic rings. The van der Waals surface area contributed by atoms with Gasteiger partial charge in [-0.15, -0.1) is 68.0 Å². The highest BCUT2D eigenvalue weighted by molar-refractivity contribution is 7.24. The van der Waals surface area contributed by atoms with E-state index in [1.54, 1.807) is 57.5 Å². The molecule has 0 radical (unpaired) electrons. The van der Waals surface area contributed by atoms with Crippen LogP contribution in [0.25, 0.3) is 105 Å². The summed E-state index contributed by atoms with van der Waals surface area (Å²) >= 11 is 12.7. The van der Waals surface area contributed by atoms with E-state index in [9.17, 15) is 0 Å². The van der Waals surface area contributed by atoms with Gasteiger partial charge in [-0.25, -0.2) is 8.78 Å². The Kier molecular flexibility index (Phi) is 26.9. The summed E-state index contributed by atoms with van der Waals surface area (Å²) in [5.74, 6) is 0.846. The lowest BCUT2D eigenvalue weighted by Gasteiger charge is -2.16. The summed E-state index contributed by atoms with van der Waals surface area (Å²) in [6, 6.07) is 25.4. The quantitative estimate of drug-likeness (QED) is 0.0358. The molecule has 0 saturated heterocycles. The van der Waals surface area contributed by atoms with E-state index in [0.717, 1.165) is 64.3 Å². The van der Waals surface area contributed by atoms with Gasteiger partial charge in [0.2, 0.25) is 0 Å². The third-order valence-electron chi connectivity index (χ3n) is 19.2. The van der Waals surface area contributed by atoms with Crippen molar-refractivity contribution in [1.29, 1.82) is 0 Å². The van der Waals surface area contributed by atoms with Crippen molar-refractivity contribution in [2.24, 2.45) is 11.8 Å². The number of nitrogens with zero attached hydrogens (tertiary/aromatic N) is 4. The Bertz CT molecular complexity index is 3710. The molecule has 0 aliphatic heterocycles. The Hall–Kier alpha value is -4.12. The summed E-state index contributed by atoms with van der Waals surface area (Å²) in [5.41, 5.74) is 7.89. The Labute approximate surface area is 580 Å². The van der Waals surface area contributed by atoms with Crippen LogP contribution < -0.4 is 0 Å². The summed E-state index contributed by atoms with van der Waals surface area (Å²) in [6.07, 6.45) is 45.0. The number of rotatable bonds is 42. The number of hydrogen-bond acceptors (Lipinski definition) is 12. The van der Waals surface area contributed by atoms with E-state index < -0.39 is 0 Å². The van der Waals surface area contributed by atoms with Gasteiger partial charge in [-0.2, -0.15) is 17.5 Å². The second-order valence-electron chi connectivity index (χ2n) is 26.2. The first-order chi connectivity index (χ1) is 45.3. The Balaban J connectivity index is 0.800. The van der Waals surface area contributed by atoms with E-state index in [2.05, 4.69) is 99.1 Å². The molecule has 2 atom stereocenters. The van der Waals surface area contributed by atoms with Gasteiger partial charge in [0, 0.05) is 81.4 Å². The fraction of sp³-hybridized carbons (Fsp3) is 0.513. The van der Waals surface area contributed by atoms with Crippen LogP contribution in [-0.4, -0.2) is 17.5 Å². The summed E-state index contributed by atoms with van der Waals surface area (Å²) in [4.78, 5) is 8.79. The molecule has 11 rings (SSSR count). The number of halogens is 2. The van der Waals surface area contributed by atoms with Crippen molar-refractivity contribution in [2.45, 2.75) is 246 Å². The predicted molar refractivity (Wildman–Crippen MR) is 408 cm³/mol. The Morgan fingerprint density at radius 1 is 0.326 bits per heavy atom. The molecule has 490 valence electrons. The van der Waals surface area contributed by atoms with E-state index in [1.165, 1.54) is 270 Å². The van der Waals surface area contributed by atoms with Crippen LogP contribution in [0.1, 0.15) is 243 Å². The first-order valence-corrected chi connectivity index (χ1v) is 42.0. The number of fused-ring (bicyclic) bond motifs is 4. The van der Waals surface area contributed by atoms with Crippen molar-refractivity contribution in [1.82, 2.24) is 17.5 Å². The number of benzene rings is 3. The normalized spacial score (nSPS) is 12.8. The van der Waals surface area contributed by atoms with Gasteiger partial charge >= 0.3 is 0 Å². The highest BCUT2D eigenvalue weighted by atomic mass is 32.1. The maximum absolute atomic E-state index is 17.1. The molecule has 0 N–H and O–H groups in total. The molecule has 4 nitrogen and oxygen atoms in total. The first kappa shape index (κ1) is 69.2. The van der Waals surface area contributed by atoms with Gasteiger partial charge in [0.15, 0.2) is 0 Å². The second-order valence-corrected chi connectivity index (χ2v) is 33.6. The van der Waals surface area contributed by atoms with Crippen LogP contribution in [0, 0.1) is 23.5 Å². The monoisotopic (exact) mass is 1380 g/mol. The maximum Gasteiger partial charge on any atom is 0.134 e. The van der Waals surface area contributed by atoms with E-state index in [-0.39, 0.29) is 11.6 Å². The van der Waals surface area contributed by atoms with Crippen molar-refractivity contribution in [2.75, 3.05) is 0 Å². The molecule has 2 unspecified atom stereocenters. The van der Waals surface area contributed by atoms with Gasteiger partial charge < -0.3 is 0 Å². The molecule has 3 aromatic carbocycles. The van der Waals surface area contributed by atoms with Gasteiger partial charge in [0.05, 0.1) is 34.6 Å². The molecule has 8 aromatic heterocycles. The van der Waals surface area contributed by atoms with Crippen molar-refractivity contribution in [3.05, 3.63) is 105 Å². The smallest absolute Gasteiger partial charge is 0.134 e. The maximum atomic E-state index is 17.1. The van der Waals surface area contributed by atoms with E-state index >= 15 is 8.78 Å². The lowest BCUT2D eigenvalue weighted by Crippen LogP contribution is -2.04. The van der Waals surface area contributed by atoms with Gasteiger partial charge in [0.25, 0.3) is 0 Å². The van der Waals surface area contributed by atoms with Crippen molar-refractivity contribution < 1.29 is 8.78 Å². The SMILES string of the molecule is CCCCCCCCCCC(CCCCCCCC)Cc1ccc(-c2cc(F)c(-c3ccc(-c4c5ccsc5c(-c5ccc(-c6c(F)cc(-c7ccc(CC(CCCCCCCC)CCCCCCCCCC)s7)c7nsnc67)s5)c5ccsc45)s3)c3nsnc23)s1. The summed E-state index contributed by atoms with van der Waals surface area (Å²) in [5, 5.41) is 6.70. The molecule has 0 bridgehead atoms. The van der Waals surface area contributed by atoms with Crippen LogP contribution in [0.4, 0.5) is 8.78 Å². The molecule has 0 spiro atoms. The highest BCUT2D eigenvalue weighted by Gasteiger charge is 2.27. The summed E-state index contributed by atoms with van der Waals surface area (Å²) in [6.45, 7) is 9.18. The molecule has 11 aromatic rings. The largest absolute Gasteiger partial charge is 0.206 e. The number of unbranched alkanes of at least 4 members (excludes halogenated alkanes) is 24. The zero-order valence-electron chi connectivity index (χ0n) is 55.1. The van der Waals surface area contributed by atoms with Crippen LogP contribution in [0.5, 0.6) is 0 Å². The molecule has 0 amide bonds. The minimum absolute atomic E-state index is 0.260. The minimum Gasteiger partial charge on any atom is -0.206 e. The molecule has 0 fully saturated rings. The van der Waals surface area contributed by atoms with Crippen molar-refractivity contribution in [3.8, 4) is 62.6 Å². The van der Waals surface area contributed by atoms with Crippen LogP contribution >= 0.6 is 91.5 Å². The topological polar surface area (TPSA) is 51.6 Å². The lowest BCUT2D eigenvalue weighted by atomic mass is 9.91. The number of hydrogen-bond donors (Lipinski definition) is 0. The molecule has 0 saturated carbocycles. The van der Waals surface area contributed by atoms with E-state index in [4.69, 9.17) is 17.5 Å². The third kappa shape index (κ3) is 17.5. The molecular formula is C78H96F2N4S8. The van der Waals surface area contributed by atoms with Crippen LogP contribution in [0.3, 0.4) is 0 Å². The van der Waals surface area contributed by atoms with Crippen molar-refractivity contribution >= 4 is 134 Å². The third-order valence-corrected chi connectivity index (χ3v) is 26.6. The summed E-state index contributed by atoms with van der Waals surface area (Å²) in [7, 11) is 0. The highest BCUT2D eigenvalue weighted by Crippen LogP contribution is 2.53. The van der Waals surface area contributed by atoms with Gasteiger partial charge in [-0.1, -0.05) is 233 Å². The summed E-state index contributed by atoms with van der Waals surface area (Å²) < 4.78 is 55.9.